The van der Waals surface area contributed by atoms with Crippen molar-refractivity contribution >= 4 is 16.5 Å². The van der Waals surface area contributed by atoms with Crippen molar-refractivity contribution in [2.75, 3.05) is 0 Å². The zero-order valence-electron chi connectivity index (χ0n) is 15.6. The minimum absolute atomic E-state index is 0.00456. The van der Waals surface area contributed by atoms with E-state index in [0.29, 0.717) is 16.5 Å². The maximum absolute atomic E-state index is 11.4. The molecule has 2 aliphatic carbocycles. The molecule has 3 aromatic rings. The molecule has 1 aromatic heterocycles. The largest absolute Gasteiger partial charge is 0.494 e. The zero-order chi connectivity index (χ0) is 19.7. The first-order chi connectivity index (χ1) is 13.4. The molecule has 0 aliphatic heterocycles. The Hall–Kier alpha value is -3.28. The number of non-ortho nitro benzene ring substituents is 1. The van der Waals surface area contributed by atoms with Crippen molar-refractivity contribution in [2.24, 2.45) is 0 Å². The SMILES string of the molecule is CC(C)=C1C2CCC1c1c2c(O)n(-c2ccc([N+](=O)[O-])c3ccccc23)c1O. The number of hydrogen-bond donors (Lipinski definition) is 2. The van der Waals surface area contributed by atoms with E-state index in [-0.39, 0.29) is 29.3 Å². The van der Waals surface area contributed by atoms with Crippen LogP contribution < -0.4 is 0 Å². The first-order valence-electron chi connectivity index (χ1n) is 9.42. The van der Waals surface area contributed by atoms with Crippen LogP contribution in [0.25, 0.3) is 16.5 Å². The van der Waals surface area contributed by atoms with Crippen molar-refractivity contribution in [3.8, 4) is 17.4 Å². The summed E-state index contributed by atoms with van der Waals surface area (Å²) in [5, 5.41) is 34.7. The highest BCUT2D eigenvalue weighted by atomic mass is 16.6. The molecular formula is C22H20N2O4. The molecule has 5 rings (SSSR count). The number of hydrogen-bond acceptors (Lipinski definition) is 4. The van der Waals surface area contributed by atoms with Gasteiger partial charge in [0.15, 0.2) is 0 Å². The second-order valence-electron chi connectivity index (χ2n) is 7.85. The minimum Gasteiger partial charge on any atom is -0.494 e. The lowest BCUT2D eigenvalue weighted by atomic mass is 9.95. The Kier molecular flexibility index (Phi) is 3.38. The molecule has 0 spiro atoms. The number of nitro groups is 1. The average molecular weight is 376 g/mol. The third-order valence-electron chi connectivity index (χ3n) is 6.28. The number of allylic oxidation sites excluding steroid dienone is 2. The monoisotopic (exact) mass is 376 g/mol. The fourth-order valence-electron chi connectivity index (χ4n) is 5.30. The van der Waals surface area contributed by atoms with Gasteiger partial charge in [0.05, 0.1) is 16.0 Å². The van der Waals surface area contributed by atoms with Crippen molar-refractivity contribution in [1.29, 1.82) is 0 Å². The third kappa shape index (κ3) is 1.97. The second kappa shape index (κ2) is 5.61. The summed E-state index contributed by atoms with van der Waals surface area (Å²) in [5.74, 6) is 0.359. The van der Waals surface area contributed by atoms with Gasteiger partial charge in [-0.3, -0.25) is 14.7 Å². The van der Waals surface area contributed by atoms with E-state index in [9.17, 15) is 20.3 Å². The number of fused-ring (bicyclic) bond motifs is 6. The van der Waals surface area contributed by atoms with Crippen LogP contribution >= 0.6 is 0 Å². The van der Waals surface area contributed by atoms with Crippen molar-refractivity contribution in [2.45, 2.75) is 38.5 Å². The van der Waals surface area contributed by atoms with Crippen LogP contribution in [0, 0.1) is 10.1 Å². The normalized spacial score (nSPS) is 20.0. The maximum atomic E-state index is 11.4. The van der Waals surface area contributed by atoms with Crippen LogP contribution in [0.2, 0.25) is 0 Å². The molecule has 0 radical (unpaired) electrons. The fourth-order valence-corrected chi connectivity index (χ4v) is 5.30. The Morgan fingerprint density at radius 3 is 2.11 bits per heavy atom. The van der Waals surface area contributed by atoms with Gasteiger partial charge < -0.3 is 10.2 Å². The quantitative estimate of drug-likeness (QED) is 0.363. The van der Waals surface area contributed by atoms with Crippen LogP contribution in [-0.4, -0.2) is 19.7 Å². The summed E-state index contributed by atoms with van der Waals surface area (Å²) in [7, 11) is 0. The lowest BCUT2D eigenvalue weighted by molar-refractivity contribution is -0.383. The van der Waals surface area contributed by atoms with Crippen molar-refractivity contribution in [3.63, 3.8) is 0 Å². The summed E-state index contributed by atoms with van der Waals surface area (Å²) >= 11 is 0. The van der Waals surface area contributed by atoms with Gasteiger partial charge in [-0.05, 0) is 38.8 Å². The highest BCUT2D eigenvalue weighted by molar-refractivity contribution is 5.97. The molecule has 0 amide bonds. The number of aromatic nitrogens is 1. The summed E-state index contributed by atoms with van der Waals surface area (Å²) in [6, 6.07) is 10.0. The van der Waals surface area contributed by atoms with Gasteiger partial charge in [-0.2, -0.15) is 0 Å². The van der Waals surface area contributed by atoms with Crippen molar-refractivity contribution in [1.82, 2.24) is 4.57 Å². The molecule has 6 nitrogen and oxygen atoms in total. The summed E-state index contributed by atoms with van der Waals surface area (Å²) < 4.78 is 1.45. The molecule has 2 unspecified atom stereocenters. The molecule has 2 atom stereocenters. The standard InChI is InChI=1S/C22H20N2O4/c1-11(2)18-14-7-8-15(18)20-19(14)21(25)23(22(20)26)16-9-10-17(24(27)28)13-6-4-3-5-12(13)16/h3-6,9-10,14-15,25-26H,7-8H2,1-2H3. The van der Waals surface area contributed by atoms with E-state index in [2.05, 4.69) is 13.8 Å². The number of rotatable bonds is 2. The van der Waals surface area contributed by atoms with E-state index in [1.807, 2.05) is 0 Å². The second-order valence-corrected chi connectivity index (χ2v) is 7.85. The van der Waals surface area contributed by atoms with Gasteiger partial charge in [-0.15, -0.1) is 0 Å². The zero-order valence-corrected chi connectivity index (χ0v) is 15.6. The van der Waals surface area contributed by atoms with E-state index in [1.165, 1.54) is 21.8 Å². The van der Waals surface area contributed by atoms with Crippen LogP contribution in [0.15, 0.2) is 47.5 Å². The van der Waals surface area contributed by atoms with Gasteiger partial charge in [0, 0.05) is 34.4 Å². The molecule has 1 fully saturated rings. The number of aromatic hydroxyl groups is 2. The molecule has 1 heterocycles. The number of nitro benzene ring substituents is 1. The van der Waals surface area contributed by atoms with E-state index < -0.39 is 4.92 Å². The highest BCUT2D eigenvalue weighted by Crippen LogP contribution is 2.64. The van der Waals surface area contributed by atoms with Gasteiger partial charge in [0.1, 0.15) is 0 Å². The first kappa shape index (κ1) is 16.9. The van der Waals surface area contributed by atoms with Gasteiger partial charge in [0.2, 0.25) is 11.8 Å². The summed E-state index contributed by atoms with van der Waals surface area (Å²) in [6.45, 7) is 4.16. The molecule has 0 saturated heterocycles. The summed E-state index contributed by atoms with van der Waals surface area (Å²) in [4.78, 5) is 11.0. The fraction of sp³-hybridized carbons (Fsp3) is 0.273. The first-order valence-corrected chi connectivity index (χ1v) is 9.42. The Morgan fingerprint density at radius 1 is 1.00 bits per heavy atom. The van der Waals surface area contributed by atoms with Crippen LogP contribution in [0.5, 0.6) is 11.8 Å². The third-order valence-corrected chi connectivity index (χ3v) is 6.28. The predicted octanol–water partition coefficient (Wildman–Crippen LogP) is 5.26. The Labute approximate surface area is 161 Å². The van der Waals surface area contributed by atoms with E-state index in [1.54, 1.807) is 30.3 Å². The Balaban J connectivity index is 1.79. The lowest BCUT2D eigenvalue weighted by Crippen LogP contribution is -2.00. The highest BCUT2D eigenvalue weighted by Gasteiger charge is 2.48. The molecular weight excluding hydrogens is 356 g/mol. The summed E-state index contributed by atoms with van der Waals surface area (Å²) in [5.41, 5.74) is 4.74. The molecule has 2 N–H and O–H groups in total. The predicted molar refractivity (Wildman–Crippen MR) is 106 cm³/mol. The minimum atomic E-state index is -0.414. The molecule has 28 heavy (non-hydrogen) atoms. The number of nitrogens with zero attached hydrogens (tertiary/aromatic N) is 2. The van der Waals surface area contributed by atoms with Crippen molar-refractivity contribution < 1.29 is 15.1 Å². The topological polar surface area (TPSA) is 88.5 Å². The van der Waals surface area contributed by atoms with Gasteiger partial charge in [0.25, 0.3) is 5.69 Å². The van der Waals surface area contributed by atoms with E-state index in [4.69, 9.17) is 0 Å². The molecule has 6 heteroatoms. The molecule has 2 aromatic carbocycles. The molecule has 2 aliphatic rings. The smallest absolute Gasteiger partial charge is 0.277 e. The Bertz CT molecular complexity index is 1160. The van der Waals surface area contributed by atoms with Crippen LogP contribution in [0.3, 0.4) is 0 Å². The molecule has 142 valence electrons. The van der Waals surface area contributed by atoms with E-state index >= 15 is 0 Å². The van der Waals surface area contributed by atoms with Crippen molar-refractivity contribution in [3.05, 3.63) is 68.8 Å². The van der Waals surface area contributed by atoms with Gasteiger partial charge in [-0.1, -0.05) is 29.3 Å². The number of benzene rings is 2. The average Bonchev–Trinajstić information content (AvgIpc) is 3.31. The van der Waals surface area contributed by atoms with Crippen LogP contribution in [-0.2, 0) is 0 Å². The molecule has 2 bridgehead atoms. The van der Waals surface area contributed by atoms with Crippen LogP contribution in [0.1, 0.15) is 49.7 Å². The van der Waals surface area contributed by atoms with Gasteiger partial charge in [-0.25, -0.2) is 0 Å². The lowest BCUT2D eigenvalue weighted by Gasteiger charge is -2.14. The summed E-state index contributed by atoms with van der Waals surface area (Å²) in [6.07, 6.45) is 1.94. The molecule has 1 saturated carbocycles. The van der Waals surface area contributed by atoms with Crippen LogP contribution in [0.4, 0.5) is 5.69 Å². The maximum Gasteiger partial charge on any atom is 0.277 e. The van der Waals surface area contributed by atoms with Gasteiger partial charge >= 0.3 is 0 Å². The van der Waals surface area contributed by atoms with E-state index in [0.717, 1.165) is 24.0 Å². The Morgan fingerprint density at radius 2 is 1.57 bits per heavy atom.